The van der Waals surface area contributed by atoms with Crippen molar-refractivity contribution in [2.45, 2.75) is 12.5 Å². The minimum atomic E-state index is 0.276. The number of H-pyrrole nitrogens is 1. The van der Waals surface area contributed by atoms with Crippen LogP contribution in [0.25, 0.3) is 11.0 Å². The summed E-state index contributed by atoms with van der Waals surface area (Å²) in [6.45, 7) is 1.67. The highest BCUT2D eigenvalue weighted by molar-refractivity contribution is 5.80. The number of rotatable bonds is 1. The SMILES string of the molecule is CN1CCc2c([nH]c3ncncc23)C1CN. The lowest BCUT2D eigenvalue weighted by Crippen LogP contribution is -2.36. The standard InChI is InChI=1S/C11H15N5/c1-16-3-2-7-8-5-13-6-14-11(8)15-10(7)9(16)4-12/h5-6,9H,2-4,12H2,1H3,(H,13,14,15). The molecular formula is C11H15N5. The first kappa shape index (κ1) is 9.74. The van der Waals surface area contributed by atoms with Crippen LogP contribution in [-0.2, 0) is 6.42 Å². The summed E-state index contributed by atoms with van der Waals surface area (Å²) in [6, 6.07) is 0.276. The molecule has 16 heavy (non-hydrogen) atoms. The normalized spacial score (nSPS) is 21.2. The molecule has 0 aliphatic carbocycles. The Bertz CT molecular complexity index is 518. The van der Waals surface area contributed by atoms with Crippen molar-refractivity contribution in [3.8, 4) is 0 Å². The molecule has 2 aromatic rings. The number of aromatic amines is 1. The fraction of sp³-hybridized carbons (Fsp3) is 0.455. The lowest BCUT2D eigenvalue weighted by atomic mass is 9.99. The van der Waals surface area contributed by atoms with Gasteiger partial charge in [-0.1, -0.05) is 0 Å². The van der Waals surface area contributed by atoms with E-state index in [4.69, 9.17) is 5.73 Å². The average Bonchev–Trinajstić information content (AvgIpc) is 2.67. The molecule has 2 aromatic heterocycles. The average molecular weight is 217 g/mol. The molecule has 0 fully saturated rings. The van der Waals surface area contributed by atoms with Gasteiger partial charge < -0.3 is 10.7 Å². The Labute approximate surface area is 93.7 Å². The third-order valence-corrected chi connectivity index (χ3v) is 3.42. The summed E-state index contributed by atoms with van der Waals surface area (Å²) >= 11 is 0. The van der Waals surface area contributed by atoms with Gasteiger partial charge in [0.15, 0.2) is 0 Å². The van der Waals surface area contributed by atoms with Crippen LogP contribution in [0.1, 0.15) is 17.3 Å². The molecule has 5 nitrogen and oxygen atoms in total. The molecule has 0 aromatic carbocycles. The van der Waals surface area contributed by atoms with E-state index in [9.17, 15) is 0 Å². The van der Waals surface area contributed by atoms with E-state index in [0.717, 1.165) is 24.0 Å². The van der Waals surface area contributed by atoms with Crippen LogP contribution in [0.3, 0.4) is 0 Å². The van der Waals surface area contributed by atoms with Crippen molar-refractivity contribution >= 4 is 11.0 Å². The predicted molar refractivity (Wildman–Crippen MR) is 62.0 cm³/mol. The maximum Gasteiger partial charge on any atom is 0.141 e. The molecule has 0 saturated carbocycles. The van der Waals surface area contributed by atoms with Crippen molar-refractivity contribution in [2.75, 3.05) is 20.1 Å². The highest BCUT2D eigenvalue weighted by Crippen LogP contribution is 2.31. The van der Waals surface area contributed by atoms with Gasteiger partial charge >= 0.3 is 0 Å². The molecule has 1 aliphatic rings. The summed E-state index contributed by atoms with van der Waals surface area (Å²) in [5.41, 5.74) is 9.31. The molecule has 3 N–H and O–H groups in total. The molecular weight excluding hydrogens is 202 g/mol. The quantitative estimate of drug-likeness (QED) is 0.727. The molecule has 0 amide bonds. The van der Waals surface area contributed by atoms with Gasteiger partial charge in [0, 0.05) is 30.4 Å². The first-order valence-corrected chi connectivity index (χ1v) is 5.52. The molecule has 3 rings (SSSR count). The Morgan fingerprint density at radius 3 is 3.31 bits per heavy atom. The Hall–Kier alpha value is -1.46. The summed E-state index contributed by atoms with van der Waals surface area (Å²) in [5.74, 6) is 0. The van der Waals surface area contributed by atoms with Gasteiger partial charge in [-0.15, -0.1) is 0 Å². The van der Waals surface area contributed by atoms with Crippen LogP contribution in [0.4, 0.5) is 0 Å². The predicted octanol–water partition coefficient (Wildman–Crippen LogP) is 0.446. The number of nitrogens with one attached hydrogen (secondary N) is 1. The van der Waals surface area contributed by atoms with Gasteiger partial charge in [-0.3, -0.25) is 4.90 Å². The number of fused-ring (bicyclic) bond motifs is 3. The van der Waals surface area contributed by atoms with Gasteiger partial charge in [0.2, 0.25) is 0 Å². The maximum atomic E-state index is 5.83. The largest absolute Gasteiger partial charge is 0.341 e. The maximum absolute atomic E-state index is 5.83. The Morgan fingerprint density at radius 2 is 2.50 bits per heavy atom. The minimum absolute atomic E-state index is 0.276. The second kappa shape index (κ2) is 3.54. The van der Waals surface area contributed by atoms with Crippen LogP contribution < -0.4 is 5.73 Å². The Kier molecular flexibility index (Phi) is 2.15. The molecule has 0 bridgehead atoms. The smallest absolute Gasteiger partial charge is 0.141 e. The summed E-state index contributed by atoms with van der Waals surface area (Å²) in [6.07, 6.45) is 4.50. The third kappa shape index (κ3) is 1.25. The third-order valence-electron chi connectivity index (χ3n) is 3.42. The number of aromatic nitrogens is 3. The highest BCUT2D eigenvalue weighted by atomic mass is 15.2. The zero-order chi connectivity index (χ0) is 11.1. The zero-order valence-corrected chi connectivity index (χ0v) is 9.27. The molecule has 1 unspecified atom stereocenters. The number of nitrogens with zero attached hydrogens (tertiary/aromatic N) is 3. The Morgan fingerprint density at radius 1 is 1.62 bits per heavy atom. The van der Waals surface area contributed by atoms with Crippen LogP contribution in [0, 0.1) is 0 Å². The molecule has 0 spiro atoms. The zero-order valence-electron chi connectivity index (χ0n) is 9.27. The van der Waals surface area contributed by atoms with Crippen molar-refractivity contribution in [3.63, 3.8) is 0 Å². The van der Waals surface area contributed by atoms with E-state index in [1.807, 2.05) is 6.20 Å². The van der Waals surface area contributed by atoms with Gasteiger partial charge in [0.1, 0.15) is 12.0 Å². The molecule has 1 aliphatic heterocycles. The van der Waals surface area contributed by atoms with Crippen molar-refractivity contribution in [2.24, 2.45) is 5.73 Å². The molecule has 0 radical (unpaired) electrons. The second-order valence-electron chi connectivity index (χ2n) is 4.28. The van der Waals surface area contributed by atoms with Crippen LogP contribution in [0.15, 0.2) is 12.5 Å². The van der Waals surface area contributed by atoms with Gasteiger partial charge in [-0.2, -0.15) is 0 Å². The molecule has 3 heterocycles. The van der Waals surface area contributed by atoms with E-state index in [-0.39, 0.29) is 6.04 Å². The van der Waals surface area contributed by atoms with E-state index >= 15 is 0 Å². The van der Waals surface area contributed by atoms with Crippen molar-refractivity contribution in [3.05, 3.63) is 23.8 Å². The van der Waals surface area contributed by atoms with E-state index in [0.29, 0.717) is 6.54 Å². The highest BCUT2D eigenvalue weighted by Gasteiger charge is 2.27. The molecule has 84 valence electrons. The van der Waals surface area contributed by atoms with Crippen LogP contribution in [-0.4, -0.2) is 40.0 Å². The summed E-state index contributed by atoms with van der Waals surface area (Å²) in [7, 11) is 2.11. The van der Waals surface area contributed by atoms with Crippen LogP contribution in [0.5, 0.6) is 0 Å². The summed E-state index contributed by atoms with van der Waals surface area (Å²) < 4.78 is 0. The summed E-state index contributed by atoms with van der Waals surface area (Å²) in [5, 5.41) is 1.14. The van der Waals surface area contributed by atoms with Gasteiger partial charge in [-0.25, -0.2) is 9.97 Å². The van der Waals surface area contributed by atoms with E-state index < -0.39 is 0 Å². The lowest BCUT2D eigenvalue weighted by Gasteiger charge is -2.31. The monoisotopic (exact) mass is 217 g/mol. The number of hydrogen-bond acceptors (Lipinski definition) is 4. The number of hydrogen-bond donors (Lipinski definition) is 2. The number of likely N-dealkylation sites (N-methyl/N-ethyl adjacent to an activating group) is 1. The first-order chi connectivity index (χ1) is 7.81. The molecule has 1 atom stereocenters. The van der Waals surface area contributed by atoms with E-state index in [2.05, 4.69) is 26.9 Å². The second-order valence-corrected chi connectivity index (χ2v) is 4.28. The molecule has 0 saturated heterocycles. The number of nitrogens with two attached hydrogens (primary N) is 1. The van der Waals surface area contributed by atoms with Crippen molar-refractivity contribution in [1.82, 2.24) is 19.9 Å². The Balaban J connectivity index is 2.22. The van der Waals surface area contributed by atoms with Gasteiger partial charge in [0.25, 0.3) is 0 Å². The topological polar surface area (TPSA) is 70.8 Å². The lowest BCUT2D eigenvalue weighted by molar-refractivity contribution is 0.233. The van der Waals surface area contributed by atoms with E-state index in [1.54, 1.807) is 6.33 Å². The van der Waals surface area contributed by atoms with Gasteiger partial charge in [0.05, 0.1) is 6.04 Å². The van der Waals surface area contributed by atoms with Crippen LogP contribution in [0.2, 0.25) is 0 Å². The van der Waals surface area contributed by atoms with E-state index in [1.165, 1.54) is 11.3 Å². The van der Waals surface area contributed by atoms with Crippen molar-refractivity contribution < 1.29 is 0 Å². The fourth-order valence-electron chi connectivity index (χ4n) is 2.51. The fourth-order valence-corrected chi connectivity index (χ4v) is 2.51. The van der Waals surface area contributed by atoms with Crippen LogP contribution >= 0.6 is 0 Å². The first-order valence-electron chi connectivity index (χ1n) is 5.52. The molecule has 5 heteroatoms. The minimum Gasteiger partial charge on any atom is -0.341 e. The van der Waals surface area contributed by atoms with Gasteiger partial charge in [-0.05, 0) is 19.0 Å². The summed E-state index contributed by atoms with van der Waals surface area (Å²) in [4.78, 5) is 14.0. The van der Waals surface area contributed by atoms with Crippen molar-refractivity contribution in [1.29, 1.82) is 0 Å².